The molecule has 1 saturated heterocycles. The van der Waals surface area contributed by atoms with E-state index in [2.05, 4.69) is 0 Å². The van der Waals surface area contributed by atoms with Crippen molar-refractivity contribution < 1.29 is 13.2 Å². The quantitative estimate of drug-likeness (QED) is 0.787. The van der Waals surface area contributed by atoms with E-state index in [-0.39, 0.29) is 22.2 Å². The molecule has 1 aromatic rings. The Morgan fingerprint density at radius 1 is 1.45 bits per heavy atom. The largest absolute Gasteiger partial charge is 0.398 e. The number of carbonyl (C=O) groups is 1. The van der Waals surface area contributed by atoms with Crippen LogP contribution >= 0.6 is 11.8 Å². The minimum Gasteiger partial charge on any atom is -0.398 e. The Bertz CT molecular complexity index is 625. The normalized spacial score (nSPS) is 19.4. The first kappa shape index (κ1) is 15.1. The maximum absolute atomic E-state index is 12.5. The summed E-state index contributed by atoms with van der Waals surface area (Å²) in [5.74, 6) is 1.11. The molecule has 1 aromatic carbocycles. The van der Waals surface area contributed by atoms with E-state index in [1.54, 1.807) is 18.8 Å². The third-order valence-electron chi connectivity index (χ3n) is 3.37. The van der Waals surface area contributed by atoms with Gasteiger partial charge in [-0.25, -0.2) is 8.42 Å². The minimum absolute atomic E-state index is 0.0137. The molecule has 110 valence electrons. The molecule has 0 aliphatic carbocycles. The van der Waals surface area contributed by atoms with Crippen LogP contribution in [0.1, 0.15) is 16.8 Å². The Hall–Kier alpha value is -1.25. The van der Waals surface area contributed by atoms with Crippen LogP contribution in [0.5, 0.6) is 0 Å². The number of carbonyl (C=O) groups excluding carboxylic acids is 1. The van der Waals surface area contributed by atoms with Crippen molar-refractivity contribution in [1.29, 1.82) is 0 Å². The van der Waals surface area contributed by atoms with E-state index in [0.29, 0.717) is 0 Å². The lowest BCUT2D eigenvalue weighted by Crippen LogP contribution is -2.37. The zero-order valence-corrected chi connectivity index (χ0v) is 12.7. The Balaban J connectivity index is 2.36. The molecule has 1 heterocycles. The van der Waals surface area contributed by atoms with Crippen molar-refractivity contribution in [3.63, 3.8) is 0 Å². The third kappa shape index (κ3) is 2.77. The SMILES string of the molecule is CN(C1CCSC1)S(=O)(=O)c1ccc(C(N)=O)cc1N. The van der Waals surface area contributed by atoms with E-state index >= 15 is 0 Å². The average Bonchev–Trinajstić information content (AvgIpc) is 2.90. The molecule has 1 unspecified atom stereocenters. The molecule has 0 aromatic heterocycles. The van der Waals surface area contributed by atoms with Gasteiger partial charge >= 0.3 is 0 Å². The van der Waals surface area contributed by atoms with Gasteiger partial charge < -0.3 is 11.5 Å². The first-order valence-electron chi connectivity index (χ1n) is 6.09. The highest BCUT2D eigenvalue weighted by Gasteiger charge is 2.31. The van der Waals surface area contributed by atoms with Gasteiger partial charge in [0.1, 0.15) is 4.90 Å². The van der Waals surface area contributed by atoms with Crippen molar-refractivity contribution in [3.8, 4) is 0 Å². The first-order valence-corrected chi connectivity index (χ1v) is 8.68. The second kappa shape index (κ2) is 5.63. The Morgan fingerprint density at radius 3 is 2.65 bits per heavy atom. The Labute approximate surface area is 122 Å². The summed E-state index contributed by atoms with van der Waals surface area (Å²) in [7, 11) is -2.09. The minimum atomic E-state index is -3.65. The van der Waals surface area contributed by atoms with Gasteiger partial charge in [-0.15, -0.1) is 0 Å². The standard InChI is InChI=1S/C12H17N3O3S2/c1-15(9-4-5-19-7-9)20(17,18)11-3-2-8(12(14)16)6-10(11)13/h2-3,6,9H,4-5,7,13H2,1H3,(H2,14,16). The lowest BCUT2D eigenvalue weighted by atomic mass is 10.2. The van der Waals surface area contributed by atoms with Crippen LogP contribution in [-0.4, -0.2) is 43.2 Å². The highest BCUT2D eigenvalue weighted by Crippen LogP contribution is 2.28. The number of nitrogens with zero attached hydrogens (tertiary/aromatic N) is 1. The molecule has 0 bridgehead atoms. The van der Waals surface area contributed by atoms with Crippen LogP contribution in [0.2, 0.25) is 0 Å². The second-order valence-corrected chi connectivity index (χ2v) is 7.77. The molecule has 0 radical (unpaired) electrons. The maximum atomic E-state index is 12.5. The van der Waals surface area contributed by atoms with Crippen LogP contribution in [0, 0.1) is 0 Å². The van der Waals surface area contributed by atoms with E-state index in [9.17, 15) is 13.2 Å². The molecule has 1 aliphatic rings. The number of nitrogens with two attached hydrogens (primary N) is 2. The number of primary amides is 1. The van der Waals surface area contributed by atoms with Crippen molar-refractivity contribution in [3.05, 3.63) is 23.8 Å². The van der Waals surface area contributed by atoms with E-state index < -0.39 is 15.9 Å². The topological polar surface area (TPSA) is 106 Å². The summed E-state index contributed by atoms with van der Waals surface area (Å²) in [6.07, 6.45) is 0.833. The molecule has 0 saturated carbocycles. The van der Waals surface area contributed by atoms with Crippen molar-refractivity contribution in [2.45, 2.75) is 17.4 Å². The molecule has 4 N–H and O–H groups in total. The van der Waals surface area contributed by atoms with Gasteiger partial charge in [0.25, 0.3) is 0 Å². The monoisotopic (exact) mass is 315 g/mol. The molecule has 1 amide bonds. The zero-order valence-electron chi connectivity index (χ0n) is 11.1. The molecule has 0 spiro atoms. The van der Waals surface area contributed by atoms with Gasteiger partial charge in [-0.1, -0.05) is 0 Å². The molecule has 1 atom stereocenters. The van der Waals surface area contributed by atoms with Crippen LogP contribution in [0.25, 0.3) is 0 Å². The summed E-state index contributed by atoms with van der Waals surface area (Å²) < 4.78 is 26.4. The third-order valence-corrected chi connectivity index (χ3v) is 6.50. The number of rotatable bonds is 4. The molecule has 1 fully saturated rings. The molecule has 20 heavy (non-hydrogen) atoms. The van der Waals surface area contributed by atoms with Crippen molar-refractivity contribution >= 4 is 33.4 Å². The van der Waals surface area contributed by atoms with E-state index in [4.69, 9.17) is 11.5 Å². The smallest absolute Gasteiger partial charge is 0.248 e. The molecule has 8 heteroatoms. The van der Waals surface area contributed by atoms with Crippen molar-refractivity contribution in [2.24, 2.45) is 5.73 Å². The molecule has 1 aliphatic heterocycles. The summed E-state index contributed by atoms with van der Waals surface area (Å²) in [5.41, 5.74) is 11.1. The lowest BCUT2D eigenvalue weighted by Gasteiger charge is -2.23. The zero-order chi connectivity index (χ0) is 14.9. The molecule has 2 rings (SSSR count). The number of nitrogen functional groups attached to an aromatic ring is 1. The maximum Gasteiger partial charge on any atom is 0.248 e. The van der Waals surface area contributed by atoms with Gasteiger partial charge in [-0.3, -0.25) is 4.79 Å². The Morgan fingerprint density at radius 2 is 2.15 bits per heavy atom. The second-order valence-electron chi connectivity index (χ2n) is 4.66. The fourth-order valence-corrected chi connectivity index (χ4v) is 4.94. The molecule has 6 nitrogen and oxygen atoms in total. The van der Waals surface area contributed by atoms with Crippen molar-refractivity contribution in [2.75, 3.05) is 24.3 Å². The number of sulfonamides is 1. The molecular formula is C12H17N3O3S2. The summed E-state index contributed by atoms with van der Waals surface area (Å²) in [5, 5.41) is 0. The number of hydrogen-bond acceptors (Lipinski definition) is 5. The summed E-state index contributed by atoms with van der Waals surface area (Å²) in [6, 6.07) is 4.00. The van der Waals surface area contributed by atoms with Crippen LogP contribution in [0.15, 0.2) is 23.1 Å². The van der Waals surface area contributed by atoms with Gasteiger partial charge in [0, 0.05) is 24.4 Å². The predicted molar refractivity (Wildman–Crippen MR) is 80.1 cm³/mol. The number of benzene rings is 1. The predicted octanol–water partition coefficient (Wildman–Crippen LogP) is 0.494. The van der Waals surface area contributed by atoms with E-state index in [1.807, 2.05) is 0 Å². The summed E-state index contributed by atoms with van der Waals surface area (Å²) in [6.45, 7) is 0. The summed E-state index contributed by atoms with van der Waals surface area (Å²) >= 11 is 1.73. The van der Waals surface area contributed by atoms with Gasteiger partial charge in [-0.2, -0.15) is 16.1 Å². The average molecular weight is 315 g/mol. The highest BCUT2D eigenvalue weighted by molar-refractivity contribution is 7.99. The first-order chi connectivity index (χ1) is 9.34. The van der Waals surface area contributed by atoms with Crippen LogP contribution < -0.4 is 11.5 Å². The van der Waals surface area contributed by atoms with Crippen LogP contribution in [-0.2, 0) is 10.0 Å². The van der Waals surface area contributed by atoms with Gasteiger partial charge in [0.05, 0.1) is 5.69 Å². The number of anilines is 1. The van der Waals surface area contributed by atoms with E-state index in [0.717, 1.165) is 17.9 Å². The fourth-order valence-electron chi connectivity index (χ4n) is 2.10. The Kier molecular flexibility index (Phi) is 4.26. The number of thioether (sulfide) groups is 1. The van der Waals surface area contributed by atoms with Crippen LogP contribution in [0.4, 0.5) is 5.69 Å². The van der Waals surface area contributed by atoms with Crippen molar-refractivity contribution in [1.82, 2.24) is 4.31 Å². The molecular weight excluding hydrogens is 298 g/mol. The van der Waals surface area contributed by atoms with Gasteiger partial charge in [0.2, 0.25) is 15.9 Å². The van der Waals surface area contributed by atoms with Gasteiger partial charge in [0.15, 0.2) is 0 Å². The van der Waals surface area contributed by atoms with Gasteiger partial charge in [-0.05, 0) is 30.4 Å². The number of hydrogen-bond donors (Lipinski definition) is 2. The fraction of sp³-hybridized carbons (Fsp3) is 0.417. The highest BCUT2D eigenvalue weighted by atomic mass is 32.2. The number of amides is 1. The lowest BCUT2D eigenvalue weighted by molar-refractivity contribution is 0.1000. The van der Waals surface area contributed by atoms with Crippen LogP contribution in [0.3, 0.4) is 0 Å². The van der Waals surface area contributed by atoms with E-state index in [1.165, 1.54) is 22.5 Å². The summed E-state index contributed by atoms with van der Waals surface area (Å²) in [4.78, 5) is 11.1.